The van der Waals surface area contributed by atoms with Crippen molar-refractivity contribution >= 4 is 23.5 Å². The second-order valence-electron chi connectivity index (χ2n) is 4.41. The number of aryl methyl sites for hydroxylation is 1. The van der Waals surface area contributed by atoms with Gasteiger partial charge in [-0.2, -0.15) is 10.5 Å². The molecule has 1 aliphatic heterocycles. The van der Waals surface area contributed by atoms with Gasteiger partial charge in [-0.05, 0) is 24.6 Å². The first-order valence-corrected chi connectivity index (χ1v) is 7.51. The molecule has 0 unspecified atom stereocenters. The number of fused-ring (bicyclic) bond motifs is 2. The van der Waals surface area contributed by atoms with Gasteiger partial charge in [-0.3, -0.25) is 0 Å². The van der Waals surface area contributed by atoms with Crippen LogP contribution in [-0.4, -0.2) is 0 Å². The Bertz CT molecular complexity index is 864. The molecule has 0 atom stereocenters. The van der Waals surface area contributed by atoms with Crippen molar-refractivity contribution in [1.29, 1.82) is 10.5 Å². The van der Waals surface area contributed by atoms with Gasteiger partial charge in [-0.25, -0.2) is 8.78 Å². The van der Waals surface area contributed by atoms with Gasteiger partial charge in [0, 0.05) is 14.7 Å². The van der Waals surface area contributed by atoms with Crippen LogP contribution in [0.4, 0.5) is 8.78 Å². The molecular weight excluding hydrogens is 310 g/mol. The van der Waals surface area contributed by atoms with Gasteiger partial charge >= 0.3 is 0 Å². The molecule has 0 radical (unpaired) electrons. The van der Waals surface area contributed by atoms with Crippen molar-refractivity contribution in [3.8, 4) is 12.1 Å². The van der Waals surface area contributed by atoms with Crippen LogP contribution in [0.25, 0.3) is 0 Å². The number of rotatable bonds is 0. The fourth-order valence-electron chi connectivity index (χ4n) is 2.05. The second kappa shape index (κ2) is 5.07. The first kappa shape index (κ1) is 13.9. The van der Waals surface area contributed by atoms with E-state index in [9.17, 15) is 14.0 Å². The predicted molar refractivity (Wildman–Crippen MR) is 75.2 cm³/mol. The maximum atomic E-state index is 14.2. The fourth-order valence-corrected chi connectivity index (χ4v) is 4.50. The summed E-state index contributed by atoms with van der Waals surface area (Å²) in [6, 6.07) is 9.07. The Morgan fingerprint density at radius 1 is 0.905 bits per heavy atom. The van der Waals surface area contributed by atoms with Gasteiger partial charge in [0.2, 0.25) is 0 Å². The van der Waals surface area contributed by atoms with E-state index in [1.807, 2.05) is 31.2 Å². The third kappa shape index (κ3) is 2.08. The van der Waals surface area contributed by atoms with Crippen molar-refractivity contribution < 1.29 is 8.78 Å². The van der Waals surface area contributed by atoms with Crippen molar-refractivity contribution in [3.05, 3.63) is 46.5 Å². The van der Waals surface area contributed by atoms with Gasteiger partial charge in [0.15, 0.2) is 11.6 Å². The molecule has 21 heavy (non-hydrogen) atoms. The van der Waals surface area contributed by atoms with Crippen molar-refractivity contribution in [1.82, 2.24) is 0 Å². The highest BCUT2D eigenvalue weighted by Crippen LogP contribution is 2.51. The minimum Gasteiger partial charge on any atom is -0.202 e. The van der Waals surface area contributed by atoms with E-state index < -0.39 is 17.2 Å². The molecule has 2 aromatic carbocycles. The van der Waals surface area contributed by atoms with E-state index in [1.54, 1.807) is 6.07 Å². The van der Waals surface area contributed by atoms with E-state index in [-0.39, 0.29) is 10.5 Å². The molecule has 3 rings (SSSR count). The van der Waals surface area contributed by atoms with Crippen LogP contribution < -0.4 is 0 Å². The molecule has 2 nitrogen and oxygen atoms in total. The Morgan fingerprint density at radius 3 is 2.24 bits per heavy atom. The monoisotopic (exact) mass is 316 g/mol. The molecule has 1 heterocycles. The lowest BCUT2D eigenvalue weighted by Crippen LogP contribution is -2.04. The highest BCUT2D eigenvalue weighted by molar-refractivity contribution is 8.05. The van der Waals surface area contributed by atoms with Crippen LogP contribution >= 0.6 is 23.5 Å². The SMILES string of the molecule is Cc1ccc2c(c1)Sc1c(F)c(F)c(C#N)c(C#N)c1S2. The third-order valence-corrected chi connectivity index (χ3v) is 5.63. The zero-order chi connectivity index (χ0) is 15.1. The zero-order valence-electron chi connectivity index (χ0n) is 10.7. The van der Waals surface area contributed by atoms with Crippen molar-refractivity contribution in [2.75, 3.05) is 0 Å². The first-order chi connectivity index (χ1) is 10.1. The van der Waals surface area contributed by atoms with E-state index in [2.05, 4.69) is 0 Å². The van der Waals surface area contributed by atoms with E-state index in [0.29, 0.717) is 4.90 Å². The lowest BCUT2D eigenvalue weighted by atomic mass is 10.1. The molecule has 0 saturated carbocycles. The molecule has 1 aliphatic rings. The molecule has 102 valence electrons. The van der Waals surface area contributed by atoms with E-state index >= 15 is 0 Å². The van der Waals surface area contributed by atoms with E-state index in [4.69, 9.17) is 5.26 Å². The minimum atomic E-state index is -1.25. The largest absolute Gasteiger partial charge is 0.202 e. The normalized spacial score (nSPS) is 12.0. The number of benzene rings is 2. The zero-order valence-corrected chi connectivity index (χ0v) is 12.3. The Balaban J connectivity index is 2.30. The summed E-state index contributed by atoms with van der Waals surface area (Å²) in [6.45, 7) is 1.91. The van der Waals surface area contributed by atoms with Gasteiger partial charge in [0.05, 0.1) is 10.5 Å². The number of halogens is 2. The molecule has 2 aromatic rings. The molecule has 0 aromatic heterocycles. The Kier molecular flexibility index (Phi) is 3.36. The summed E-state index contributed by atoms with van der Waals surface area (Å²) in [5.41, 5.74) is 0.382. The highest BCUT2D eigenvalue weighted by Gasteiger charge is 2.29. The Morgan fingerprint density at radius 2 is 1.57 bits per heavy atom. The molecule has 0 bridgehead atoms. The van der Waals surface area contributed by atoms with E-state index in [1.165, 1.54) is 11.8 Å². The van der Waals surface area contributed by atoms with Gasteiger partial charge in [0.25, 0.3) is 0 Å². The average molecular weight is 316 g/mol. The third-order valence-electron chi connectivity index (χ3n) is 3.04. The Labute approximate surface area is 128 Å². The number of nitriles is 2. The van der Waals surface area contributed by atoms with E-state index in [0.717, 1.165) is 27.1 Å². The molecule has 0 N–H and O–H groups in total. The molecule has 0 aliphatic carbocycles. The molecule has 0 saturated heterocycles. The summed E-state index contributed by atoms with van der Waals surface area (Å²) in [5.74, 6) is -2.32. The molecule has 0 spiro atoms. The predicted octanol–water partition coefficient (Wildman–Crippen LogP) is 4.63. The summed E-state index contributed by atoms with van der Waals surface area (Å²) >= 11 is 2.28. The van der Waals surface area contributed by atoms with Crippen molar-refractivity contribution in [2.45, 2.75) is 26.5 Å². The van der Waals surface area contributed by atoms with Crippen molar-refractivity contribution in [2.24, 2.45) is 0 Å². The summed E-state index contributed by atoms with van der Waals surface area (Å²) in [7, 11) is 0. The maximum Gasteiger partial charge on any atom is 0.179 e. The number of hydrogen-bond acceptors (Lipinski definition) is 4. The quantitative estimate of drug-likeness (QED) is 0.606. The summed E-state index contributed by atoms with van der Waals surface area (Å²) in [4.78, 5) is 2.07. The highest BCUT2D eigenvalue weighted by atomic mass is 32.2. The van der Waals surface area contributed by atoms with Crippen LogP contribution in [0.2, 0.25) is 0 Å². The van der Waals surface area contributed by atoms with Gasteiger partial charge in [-0.1, -0.05) is 29.6 Å². The first-order valence-electron chi connectivity index (χ1n) is 5.88. The molecule has 0 fully saturated rings. The molecule has 0 amide bonds. The standard InChI is InChI=1S/C15H6F2N2S2/c1-7-2-3-10-11(4-7)21-15-13(17)12(16)8(5-18)9(6-19)14(15)20-10/h2-4H,1H3. The Hall–Kier alpha value is -2.02. The van der Waals surface area contributed by atoms with Crippen molar-refractivity contribution in [3.63, 3.8) is 0 Å². The lowest BCUT2D eigenvalue weighted by molar-refractivity contribution is 0.483. The van der Waals surface area contributed by atoms with Crippen LogP contribution in [-0.2, 0) is 0 Å². The minimum absolute atomic E-state index is 0.0751. The van der Waals surface area contributed by atoms with Crippen LogP contribution in [0.5, 0.6) is 0 Å². The number of hydrogen-bond donors (Lipinski definition) is 0. The maximum absolute atomic E-state index is 14.2. The number of nitrogens with zero attached hydrogens (tertiary/aromatic N) is 2. The summed E-state index contributed by atoms with van der Waals surface area (Å²) in [5, 5.41) is 18.2. The summed E-state index contributed by atoms with van der Waals surface area (Å²) < 4.78 is 28.1. The van der Waals surface area contributed by atoms with Crippen LogP contribution in [0.15, 0.2) is 37.8 Å². The second-order valence-corrected chi connectivity index (χ2v) is 6.52. The van der Waals surface area contributed by atoms with Crippen LogP contribution in [0, 0.1) is 41.2 Å². The topological polar surface area (TPSA) is 47.6 Å². The smallest absolute Gasteiger partial charge is 0.179 e. The summed E-state index contributed by atoms with van der Waals surface area (Å²) in [6.07, 6.45) is 0. The molecule has 6 heteroatoms. The van der Waals surface area contributed by atoms with Crippen LogP contribution in [0.3, 0.4) is 0 Å². The average Bonchev–Trinajstić information content (AvgIpc) is 2.49. The van der Waals surface area contributed by atoms with Gasteiger partial charge < -0.3 is 0 Å². The lowest BCUT2D eigenvalue weighted by Gasteiger charge is -2.21. The molecular formula is C15H6F2N2S2. The van der Waals surface area contributed by atoms with Crippen LogP contribution in [0.1, 0.15) is 16.7 Å². The van der Waals surface area contributed by atoms with Gasteiger partial charge in [-0.15, -0.1) is 0 Å². The van der Waals surface area contributed by atoms with Gasteiger partial charge in [0.1, 0.15) is 17.7 Å². The fraction of sp³-hybridized carbons (Fsp3) is 0.0667.